The van der Waals surface area contributed by atoms with Crippen LogP contribution in [-0.4, -0.2) is 24.6 Å². The van der Waals surface area contributed by atoms with Crippen LogP contribution in [0.3, 0.4) is 0 Å². The molecule has 1 saturated heterocycles. The first-order valence-electron chi connectivity index (χ1n) is 5.80. The van der Waals surface area contributed by atoms with E-state index in [-0.39, 0.29) is 0 Å². The van der Waals surface area contributed by atoms with E-state index in [1.807, 2.05) is 0 Å². The van der Waals surface area contributed by atoms with Crippen LogP contribution in [0, 0.1) is 0 Å². The smallest absolute Gasteiger partial charge is 0.185 e. The van der Waals surface area contributed by atoms with Gasteiger partial charge in [-0.15, -0.1) is 11.3 Å². The molecule has 1 aromatic heterocycles. The van der Waals surface area contributed by atoms with E-state index < -0.39 is 0 Å². The Bertz CT molecular complexity index is 292. The number of hydrogen-bond donors (Lipinski definition) is 1. The zero-order valence-corrected chi connectivity index (χ0v) is 10.1. The average molecular weight is 225 g/mol. The molecule has 1 aliphatic heterocycles. The molecule has 1 fully saturated rings. The number of nitrogens with one attached hydrogen (secondary N) is 1. The number of anilines is 1. The molecule has 15 heavy (non-hydrogen) atoms. The Morgan fingerprint density at radius 2 is 2.20 bits per heavy atom. The van der Waals surface area contributed by atoms with Crippen molar-refractivity contribution in [3.05, 3.63) is 11.1 Å². The number of aromatic nitrogens is 1. The SMILES string of the molecule is CCNCc1csc(N2CCCCC2)n1. The molecule has 0 spiro atoms. The van der Waals surface area contributed by atoms with E-state index in [4.69, 9.17) is 0 Å². The van der Waals surface area contributed by atoms with Gasteiger partial charge in [-0.05, 0) is 25.8 Å². The monoisotopic (exact) mass is 225 g/mol. The van der Waals surface area contributed by atoms with Crippen LogP contribution in [0.25, 0.3) is 0 Å². The third-order valence-electron chi connectivity index (χ3n) is 2.72. The molecule has 2 rings (SSSR count). The molecule has 1 aliphatic rings. The van der Waals surface area contributed by atoms with Gasteiger partial charge in [0.1, 0.15) is 0 Å². The Morgan fingerprint density at radius 1 is 1.40 bits per heavy atom. The second-order valence-corrected chi connectivity index (χ2v) is 4.79. The molecule has 0 radical (unpaired) electrons. The molecule has 0 aliphatic carbocycles. The van der Waals surface area contributed by atoms with E-state index >= 15 is 0 Å². The number of nitrogens with zero attached hydrogens (tertiary/aromatic N) is 2. The molecule has 0 aromatic carbocycles. The van der Waals surface area contributed by atoms with Crippen molar-refractivity contribution in [1.82, 2.24) is 10.3 Å². The van der Waals surface area contributed by atoms with E-state index in [1.54, 1.807) is 11.3 Å². The highest BCUT2D eigenvalue weighted by Gasteiger charge is 2.13. The fourth-order valence-electron chi connectivity index (χ4n) is 1.86. The third-order valence-corrected chi connectivity index (χ3v) is 3.67. The van der Waals surface area contributed by atoms with Crippen molar-refractivity contribution in [2.24, 2.45) is 0 Å². The van der Waals surface area contributed by atoms with E-state index in [2.05, 4.69) is 27.5 Å². The molecule has 0 unspecified atom stereocenters. The maximum absolute atomic E-state index is 4.65. The summed E-state index contributed by atoms with van der Waals surface area (Å²) in [5, 5.41) is 6.69. The Morgan fingerprint density at radius 3 is 2.93 bits per heavy atom. The van der Waals surface area contributed by atoms with Crippen LogP contribution in [-0.2, 0) is 6.54 Å². The standard InChI is InChI=1S/C11H19N3S/c1-2-12-8-10-9-15-11(13-10)14-6-4-3-5-7-14/h9,12H,2-8H2,1H3. The quantitative estimate of drug-likeness (QED) is 0.852. The van der Waals surface area contributed by atoms with Crippen molar-refractivity contribution in [2.75, 3.05) is 24.5 Å². The first kappa shape index (κ1) is 10.9. The minimum atomic E-state index is 0.904. The van der Waals surface area contributed by atoms with Crippen LogP contribution in [0.1, 0.15) is 31.9 Å². The first-order valence-corrected chi connectivity index (χ1v) is 6.68. The lowest BCUT2D eigenvalue weighted by molar-refractivity contribution is 0.576. The van der Waals surface area contributed by atoms with Gasteiger partial charge in [0.05, 0.1) is 5.69 Å². The van der Waals surface area contributed by atoms with E-state index in [0.29, 0.717) is 0 Å². The number of piperidine rings is 1. The third kappa shape index (κ3) is 2.92. The Labute approximate surface area is 95.5 Å². The average Bonchev–Trinajstić information content (AvgIpc) is 2.76. The van der Waals surface area contributed by atoms with Crippen molar-refractivity contribution < 1.29 is 0 Å². The minimum absolute atomic E-state index is 0.904. The van der Waals surface area contributed by atoms with Crippen molar-refractivity contribution >= 4 is 16.5 Å². The van der Waals surface area contributed by atoms with Crippen molar-refractivity contribution in [3.8, 4) is 0 Å². The Kier molecular flexibility index (Phi) is 3.97. The van der Waals surface area contributed by atoms with Gasteiger partial charge in [-0.3, -0.25) is 0 Å². The predicted molar refractivity (Wildman–Crippen MR) is 65.6 cm³/mol. The van der Waals surface area contributed by atoms with Gasteiger partial charge in [-0.25, -0.2) is 4.98 Å². The molecule has 2 heterocycles. The number of rotatable bonds is 4. The highest BCUT2D eigenvalue weighted by Crippen LogP contribution is 2.23. The fourth-order valence-corrected chi connectivity index (χ4v) is 2.74. The van der Waals surface area contributed by atoms with Gasteiger partial charge in [0, 0.05) is 25.0 Å². The molecule has 0 atom stereocenters. The van der Waals surface area contributed by atoms with E-state index in [1.165, 1.54) is 43.2 Å². The highest BCUT2D eigenvalue weighted by molar-refractivity contribution is 7.13. The number of thiazole rings is 1. The maximum Gasteiger partial charge on any atom is 0.185 e. The summed E-state index contributed by atoms with van der Waals surface area (Å²) < 4.78 is 0. The predicted octanol–water partition coefficient (Wildman–Crippen LogP) is 2.24. The summed E-state index contributed by atoms with van der Waals surface area (Å²) >= 11 is 1.78. The lowest BCUT2D eigenvalue weighted by Crippen LogP contribution is -2.29. The fraction of sp³-hybridized carbons (Fsp3) is 0.727. The molecule has 3 nitrogen and oxygen atoms in total. The van der Waals surface area contributed by atoms with E-state index in [9.17, 15) is 0 Å². The molecular formula is C11H19N3S. The molecule has 0 amide bonds. The lowest BCUT2D eigenvalue weighted by Gasteiger charge is -2.25. The van der Waals surface area contributed by atoms with Crippen LogP contribution in [0.5, 0.6) is 0 Å². The second-order valence-electron chi connectivity index (χ2n) is 3.95. The normalized spacial score (nSPS) is 17.0. The van der Waals surface area contributed by atoms with Crippen molar-refractivity contribution in [3.63, 3.8) is 0 Å². The van der Waals surface area contributed by atoms with Gasteiger partial charge in [-0.1, -0.05) is 6.92 Å². The van der Waals surface area contributed by atoms with Gasteiger partial charge in [-0.2, -0.15) is 0 Å². The van der Waals surface area contributed by atoms with Crippen LogP contribution in [0.15, 0.2) is 5.38 Å². The highest BCUT2D eigenvalue weighted by atomic mass is 32.1. The summed E-state index contributed by atoms with van der Waals surface area (Å²) in [7, 11) is 0. The van der Waals surface area contributed by atoms with Crippen LogP contribution >= 0.6 is 11.3 Å². The zero-order valence-electron chi connectivity index (χ0n) is 9.33. The topological polar surface area (TPSA) is 28.2 Å². The summed E-state index contributed by atoms with van der Waals surface area (Å²) in [6.45, 7) is 6.41. The lowest BCUT2D eigenvalue weighted by atomic mass is 10.1. The summed E-state index contributed by atoms with van der Waals surface area (Å²) in [6.07, 6.45) is 4.02. The first-order chi connectivity index (χ1) is 7.40. The van der Waals surface area contributed by atoms with Gasteiger partial charge in [0.2, 0.25) is 0 Å². The number of hydrogen-bond acceptors (Lipinski definition) is 4. The Hall–Kier alpha value is -0.610. The van der Waals surface area contributed by atoms with Crippen LogP contribution < -0.4 is 10.2 Å². The van der Waals surface area contributed by atoms with Crippen molar-refractivity contribution in [1.29, 1.82) is 0 Å². The van der Waals surface area contributed by atoms with Crippen molar-refractivity contribution in [2.45, 2.75) is 32.7 Å². The van der Waals surface area contributed by atoms with Crippen LogP contribution in [0.2, 0.25) is 0 Å². The largest absolute Gasteiger partial charge is 0.348 e. The maximum atomic E-state index is 4.65. The van der Waals surface area contributed by atoms with Gasteiger partial charge >= 0.3 is 0 Å². The summed E-state index contributed by atoms with van der Waals surface area (Å²) in [6, 6.07) is 0. The second kappa shape index (κ2) is 5.47. The Balaban J connectivity index is 1.93. The zero-order chi connectivity index (χ0) is 10.5. The molecule has 0 saturated carbocycles. The molecular weight excluding hydrogens is 206 g/mol. The summed E-state index contributed by atoms with van der Waals surface area (Å²) in [4.78, 5) is 7.07. The summed E-state index contributed by atoms with van der Waals surface area (Å²) in [5.74, 6) is 0. The minimum Gasteiger partial charge on any atom is -0.348 e. The van der Waals surface area contributed by atoms with Gasteiger partial charge in [0.15, 0.2) is 5.13 Å². The molecule has 1 N–H and O–H groups in total. The molecule has 1 aromatic rings. The summed E-state index contributed by atoms with van der Waals surface area (Å²) in [5.41, 5.74) is 1.18. The molecule has 0 bridgehead atoms. The van der Waals surface area contributed by atoms with Crippen LogP contribution in [0.4, 0.5) is 5.13 Å². The molecule has 4 heteroatoms. The van der Waals surface area contributed by atoms with Gasteiger partial charge in [0.25, 0.3) is 0 Å². The van der Waals surface area contributed by atoms with Gasteiger partial charge < -0.3 is 10.2 Å². The van der Waals surface area contributed by atoms with E-state index in [0.717, 1.165) is 13.1 Å². The molecule has 84 valence electrons.